The van der Waals surface area contributed by atoms with Crippen LogP contribution in [0.5, 0.6) is 0 Å². The smallest absolute Gasteiger partial charge is 0.196 e. The van der Waals surface area contributed by atoms with E-state index in [-0.39, 0.29) is 11.5 Å². The first-order valence-electron chi connectivity index (χ1n) is 9.22. The topological polar surface area (TPSA) is 68.0 Å². The van der Waals surface area contributed by atoms with Crippen LogP contribution < -0.4 is 10.7 Å². The molecule has 3 heterocycles. The molecule has 0 saturated carbocycles. The van der Waals surface area contributed by atoms with Gasteiger partial charge in [-0.1, -0.05) is 17.7 Å². The zero-order chi connectivity index (χ0) is 20.7. The molecule has 0 fully saturated rings. The molecular formula is C22H20ClN3O2S. The van der Waals surface area contributed by atoms with Crippen LogP contribution in [0.3, 0.4) is 0 Å². The first kappa shape index (κ1) is 19.6. The molecule has 148 valence electrons. The molecule has 7 heteroatoms. The molecule has 1 aromatic carbocycles. The first-order chi connectivity index (χ1) is 13.8. The van der Waals surface area contributed by atoms with Crippen molar-refractivity contribution >= 4 is 39.8 Å². The highest BCUT2D eigenvalue weighted by Crippen LogP contribution is 2.32. The molecule has 0 bridgehead atoms. The minimum atomic E-state index is -0.113. The normalized spacial score (nSPS) is 12.3. The third-order valence-corrected chi connectivity index (χ3v) is 5.77. The second kappa shape index (κ2) is 7.61. The number of nitrogens with one attached hydrogen (secondary N) is 1. The number of hydrogen-bond acceptors (Lipinski definition) is 6. The lowest BCUT2D eigenvalue weighted by Gasteiger charge is -2.19. The highest BCUT2D eigenvalue weighted by Gasteiger charge is 2.19. The van der Waals surface area contributed by atoms with E-state index in [0.717, 1.165) is 28.1 Å². The lowest BCUT2D eigenvalue weighted by Crippen LogP contribution is -2.13. The largest absolute Gasteiger partial charge is 0.455 e. The van der Waals surface area contributed by atoms with Crippen LogP contribution in [0.2, 0.25) is 5.15 Å². The van der Waals surface area contributed by atoms with Crippen LogP contribution >= 0.6 is 23.1 Å². The number of benzene rings is 1. The summed E-state index contributed by atoms with van der Waals surface area (Å²) in [5.74, 6) is 0.567. The highest BCUT2D eigenvalue weighted by atomic mass is 35.5. The monoisotopic (exact) mass is 425 g/mol. The summed E-state index contributed by atoms with van der Waals surface area (Å²) in [5.41, 5.74) is 5.58. The number of rotatable bonds is 4. The third-order valence-electron chi connectivity index (χ3n) is 4.98. The van der Waals surface area contributed by atoms with Gasteiger partial charge in [0.25, 0.3) is 0 Å². The van der Waals surface area contributed by atoms with Crippen molar-refractivity contribution in [2.45, 2.75) is 33.7 Å². The average molecular weight is 426 g/mol. The number of aryl methyl sites for hydroxylation is 2. The molecule has 0 aliphatic carbocycles. The van der Waals surface area contributed by atoms with E-state index in [1.54, 1.807) is 19.2 Å². The second-order valence-corrected chi connectivity index (χ2v) is 8.21. The van der Waals surface area contributed by atoms with Gasteiger partial charge < -0.3 is 9.73 Å². The predicted molar refractivity (Wildman–Crippen MR) is 119 cm³/mol. The van der Waals surface area contributed by atoms with Crippen molar-refractivity contribution in [3.8, 4) is 11.3 Å². The molecule has 0 amide bonds. The lowest BCUT2D eigenvalue weighted by atomic mass is 9.99. The minimum Gasteiger partial charge on any atom is -0.455 e. The van der Waals surface area contributed by atoms with Gasteiger partial charge in [0, 0.05) is 22.1 Å². The maximum absolute atomic E-state index is 13.1. The summed E-state index contributed by atoms with van der Waals surface area (Å²) in [6.45, 7) is 7.72. The van der Waals surface area contributed by atoms with Gasteiger partial charge in [0.15, 0.2) is 5.43 Å². The SMILES string of the molecule is Cc1cc(C(C)Nc2ccc(Cl)nc2C)c2oc(-c3cnsc3)c(C)c(=O)c2c1. The quantitative estimate of drug-likeness (QED) is 0.402. The van der Waals surface area contributed by atoms with Crippen molar-refractivity contribution in [3.05, 3.63) is 73.6 Å². The molecule has 4 aromatic rings. The standard InChI is InChI=1S/C22H20ClN3O2S/c1-11-7-16(13(3)25-18-5-6-19(23)26-14(18)4)22-17(8-11)20(27)12(2)21(28-22)15-9-24-29-10-15/h5-10,13,25H,1-4H3. The molecule has 1 atom stereocenters. The van der Waals surface area contributed by atoms with Gasteiger partial charge in [-0.05, 0) is 63.0 Å². The van der Waals surface area contributed by atoms with E-state index in [1.165, 1.54) is 11.5 Å². The zero-order valence-electron chi connectivity index (χ0n) is 16.5. The number of aromatic nitrogens is 2. The Hall–Kier alpha value is -2.70. The van der Waals surface area contributed by atoms with E-state index in [2.05, 4.69) is 14.7 Å². The van der Waals surface area contributed by atoms with E-state index in [1.807, 2.05) is 44.4 Å². The van der Waals surface area contributed by atoms with Crippen molar-refractivity contribution in [1.29, 1.82) is 0 Å². The fourth-order valence-electron chi connectivity index (χ4n) is 3.48. The summed E-state index contributed by atoms with van der Waals surface area (Å²) in [7, 11) is 0. The van der Waals surface area contributed by atoms with Crippen LogP contribution in [-0.4, -0.2) is 9.36 Å². The Bertz CT molecular complexity index is 1270. The fourth-order valence-corrected chi connectivity index (χ4v) is 4.18. The van der Waals surface area contributed by atoms with Crippen LogP contribution in [0.25, 0.3) is 22.3 Å². The van der Waals surface area contributed by atoms with Gasteiger partial charge in [-0.15, -0.1) is 0 Å². The molecule has 3 aromatic heterocycles. The van der Waals surface area contributed by atoms with Crippen molar-refractivity contribution in [2.24, 2.45) is 0 Å². The van der Waals surface area contributed by atoms with E-state index in [0.29, 0.717) is 27.4 Å². The molecule has 1 N–H and O–H groups in total. The Morgan fingerprint density at radius 2 is 2.00 bits per heavy atom. The fraction of sp³-hybridized carbons (Fsp3) is 0.227. The molecule has 4 rings (SSSR count). The second-order valence-electron chi connectivity index (χ2n) is 7.16. The molecule has 0 aliphatic rings. The molecule has 0 spiro atoms. The third kappa shape index (κ3) is 3.66. The first-order valence-corrected chi connectivity index (χ1v) is 10.4. The average Bonchev–Trinajstić information content (AvgIpc) is 3.21. The molecule has 1 unspecified atom stereocenters. The molecule has 0 aliphatic heterocycles. The van der Waals surface area contributed by atoms with Crippen molar-refractivity contribution in [1.82, 2.24) is 9.36 Å². The van der Waals surface area contributed by atoms with Gasteiger partial charge in [-0.3, -0.25) is 4.79 Å². The summed E-state index contributed by atoms with van der Waals surface area (Å²) < 4.78 is 10.4. The lowest BCUT2D eigenvalue weighted by molar-refractivity contribution is 0.606. The van der Waals surface area contributed by atoms with Gasteiger partial charge in [-0.2, -0.15) is 0 Å². The van der Waals surface area contributed by atoms with E-state index in [4.69, 9.17) is 16.0 Å². The van der Waals surface area contributed by atoms with Crippen molar-refractivity contribution in [2.75, 3.05) is 5.32 Å². The van der Waals surface area contributed by atoms with Crippen molar-refractivity contribution in [3.63, 3.8) is 0 Å². The number of hydrogen-bond donors (Lipinski definition) is 1. The van der Waals surface area contributed by atoms with Crippen LogP contribution in [-0.2, 0) is 0 Å². The van der Waals surface area contributed by atoms with E-state index in [9.17, 15) is 4.79 Å². The highest BCUT2D eigenvalue weighted by molar-refractivity contribution is 7.03. The summed E-state index contributed by atoms with van der Waals surface area (Å²) in [5, 5.41) is 6.39. The van der Waals surface area contributed by atoms with Crippen LogP contribution in [0.4, 0.5) is 5.69 Å². The molecule has 5 nitrogen and oxygen atoms in total. The summed E-state index contributed by atoms with van der Waals surface area (Å²) in [6, 6.07) is 7.48. The van der Waals surface area contributed by atoms with Crippen molar-refractivity contribution < 1.29 is 4.42 Å². The summed E-state index contributed by atoms with van der Waals surface area (Å²) >= 11 is 7.30. The number of anilines is 1. The predicted octanol–water partition coefficient (Wildman–Crippen LogP) is 6.06. The summed E-state index contributed by atoms with van der Waals surface area (Å²) in [6.07, 6.45) is 1.72. The zero-order valence-corrected chi connectivity index (χ0v) is 18.1. The Labute approximate surface area is 177 Å². The van der Waals surface area contributed by atoms with E-state index >= 15 is 0 Å². The molecule has 29 heavy (non-hydrogen) atoms. The Kier molecular flexibility index (Phi) is 5.15. The van der Waals surface area contributed by atoms with Gasteiger partial charge in [-0.25, -0.2) is 9.36 Å². The molecule has 0 saturated heterocycles. The number of nitrogens with zero attached hydrogens (tertiary/aromatic N) is 2. The van der Waals surface area contributed by atoms with E-state index < -0.39 is 0 Å². The molecule has 0 radical (unpaired) electrons. The summed E-state index contributed by atoms with van der Waals surface area (Å²) in [4.78, 5) is 17.4. The van der Waals surface area contributed by atoms with Gasteiger partial charge in [0.2, 0.25) is 0 Å². The maximum Gasteiger partial charge on any atom is 0.196 e. The number of pyridine rings is 1. The van der Waals surface area contributed by atoms with Crippen LogP contribution in [0.1, 0.15) is 35.3 Å². The van der Waals surface area contributed by atoms with Gasteiger partial charge in [0.05, 0.1) is 29.0 Å². The van der Waals surface area contributed by atoms with Crippen LogP contribution in [0.15, 0.2) is 45.1 Å². The Morgan fingerprint density at radius 3 is 2.69 bits per heavy atom. The Morgan fingerprint density at radius 1 is 1.21 bits per heavy atom. The van der Waals surface area contributed by atoms with Crippen LogP contribution in [0, 0.1) is 20.8 Å². The number of halogens is 1. The molecular weight excluding hydrogens is 406 g/mol. The Balaban J connectivity index is 1.88. The minimum absolute atomic E-state index is 0.0195. The van der Waals surface area contributed by atoms with Gasteiger partial charge >= 0.3 is 0 Å². The maximum atomic E-state index is 13.1. The van der Waals surface area contributed by atoms with Gasteiger partial charge in [0.1, 0.15) is 16.5 Å². The number of fused-ring (bicyclic) bond motifs is 1.